The van der Waals surface area contributed by atoms with Crippen molar-refractivity contribution in [2.75, 3.05) is 27.3 Å². The van der Waals surface area contributed by atoms with E-state index in [0.717, 1.165) is 43.1 Å². The van der Waals surface area contributed by atoms with E-state index in [-0.39, 0.29) is 6.04 Å². The summed E-state index contributed by atoms with van der Waals surface area (Å²) in [6.45, 7) is 4.10. The first-order chi connectivity index (χ1) is 10.2. The molecule has 2 aliphatic rings. The van der Waals surface area contributed by atoms with Crippen LogP contribution < -0.4 is 9.47 Å². The number of hydrogen-bond donors (Lipinski definition) is 1. The van der Waals surface area contributed by atoms with Gasteiger partial charge in [0.25, 0.3) is 0 Å². The van der Waals surface area contributed by atoms with Gasteiger partial charge in [-0.25, -0.2) is 0 Å². The summed E-state index contributed by atoms with van der Waals surface area (Å²) >= 11 is 0. The fourth-order valence-electron chi connectivity index (χ4n) is 3.53. The minimum Gasteiger partial charge on any atom is -0.493 e. The van der Waals surface area contributed by atoms with Gasteiger partial charge in [0.05, 0.1) is 19.9 Å². The van der Waals surface area contributed by atoms with E-state index in [4.69, 9.17) is 9.47 Å². The maximum atomic E-state index is 9.21. The fraction of sp³-hybridized carbons (Fsp3) is 0.562. The fourth-order valence-corrected chi connectivity index (χ4v) is 3.53. The zero-order valence-electron chi connectivity index (χ0n) is 12.8. The number of ether oxygens (including phenoxy) is 2. The number of fused-ring (bicyclic) bond motifs is 3. The van der Waals surface area contributed by atoms with Crippen LogP contribution in [0.25, 0.3) is 0 Å². The highest BCUT2D eigenvalue weighted by Gasteiger charge is 2.36. The first kappa shape index (κ1) is 14.2. The van der Waals surface area contributed by atoms with Gasteiger partial charge in [0.1, 0.15) is 0 Å². The van der Waals surface area contributed by atoms with Crippen molar-refractivity contribution in [3.05, 3.63) is 23.3 Å². The lowest BCUT2D eigenvalue weighted by atomic mass is 9.82. The molecule has 1 fully saturated rings. The van der Waals surface area contributed by atoms with Gasteiger partial charge in [-0.1, -0.05) is 12.1 Å². The largest absolute Gasteiger partial charge is 0.493 e. The Hall–Kier alpha value is -1.75. The molecule has 2 unspecified atom stereocenters. The number of benzene rings is 1. The van der Waals surface area contributed by atoms with Crippen molar-refractivity contribution >= 4 is 5.71 Å². The monoisotopic (exact) mass is 290 g/mol. The summed E-state index contributed by atoms with van der Waals surface area (Å²) in [6.07, 6.45) is 1.80. The van der Waals surface area contributed by atoms with Crippen LogP contribution in [0.3, 0.4) is 0 Å². The maximum absolute atomic E-state index is 9.21. The molecule has 5 nitrogen and oxygen atoms in total. The summed E-state index contributed by atoms with van der Waals surface area (Å²) in [5.74, 6) is 1.86. The van der Waals surface area contributed by atoms with Crippen LogP contribution in [0.5, 0.6) is 11.5 Å². The van der Waals surface area contributed by atoms with Gasteiger partial charge in [-0.3, -0.25) is 4.90 Å². The van der Waals surface area contributed by atoms with Crippen LogP contribution >= 0.6 is 0 Å². The number of oxime groups is 1. The maximum Gasteiger partial charge on any atom is 0.161 e. The molecule has 0 bridgehead atoms. The average molecular weight is 290 g/mol. The number of rotatable bonds is 2. The molecule has 1 N–H and O–H groups in total. The minimum atomic E-state index is 0.274. The summed E-state index contributed by atoms with van der Waals surface area (Å²) < 4.78 is 10.8. The quantitative estimate of drug-likeness (QED) is 0.671. The lowest BCUT2D eigenvalue weighted by Crippen LogP contribution is -2.45. The van der Waals surface area contributed by atoms with E-state index in [1.807, 2.05) is 0 Å². The highest BCUT2D eigenvalue weighted by Crippen LogP contribution is 2.41. The summed E-state index contributed by atoms with van der Waals surface area (Å²) in [6, 6.07) is 4.44. The lowest BCUT2D eigenvalue weighted by molar-refractivity contribution is 0.154. The van der Waals surface area contributed by atoms with Crippen molar-refractivity contribution < 1.29 is 14.7 Å². The third kappa shape index (κ3) is 2.35. The van der Waals surface area contributed by atoms with Crippen LogP contribution in [0.1, 0.15) is 30.5 Å². The number of hydrogen-bond acceptors (Lipinski definition) is 5. The van der Waals surface area contributed by atoms with Crippen LogP contribution in [-0.2, 0) is 6.42 Å². The zero-order chi connectivity index (χ0) is 15.0. The molecule has 0 radical (unpaired) electrons. The van der Waals surface area contributed by atoms with E-state index >= 15 is 0 Å². The van der Waals surface area contributed by atoms with E-state index < -0.39 is 0 Å². The molecule has 0 aliphatic carbocycles. The third-order valence-corrected chi connectivity index (χ3v) is 4.72. The molecular weight excluding hydrogens is 268 g/mol. The van der Waals surface area contributed by atoms with E-state index in [1.54, 1.807) is 14.2 Å². The Bertz CT molecular complexity index is 571. The first-order valence-corrected chi connectivity index (χ1v) is 7.37. The average Bonchev–Trinajstić information content (AvgIpc) is 2.52. The molecule has 3 rings (SSSR count). The Balaban J connectivity index is 2.01. The van der Waals surface area contributed by atoms with Crippen molar-refractivity contribution in [1.82, 2.24) is 4.90 Å². The van der Waals surface area contributed by atoms with Gasteiger partial charge in [0.2, 0.25) is 0 Å². The molecule has 1 aromatic rings. The Labute approximate surface area is 125 Å². The SMILES string of the molecule is COc1cc2c(cc1OC)C1C/C(=N/O)C(C)CN1CC2. The van der Waals surface area contributed by atoms with E-state index in [0.29, 0.717) is 5.92 Å². The van der Waals surface area contributed by atoms with E-state index in [9.17, 15) is 5.21 Å². The van der Waals surface area contributed by atoms with Gasteiger partial charge in [0, 0.05) is 31.5 Å². The predicted octanol–water partition coefficient (Wildman–Crippen LogP) is 2.47. The third-order valence-electron chi connectivity index (χ3n) is 4.72. The van der Waals surface area contributed by atoms with Gasteiger partial charge in [-0.15, -0.1) is 0 Å². The van der Waals surface area contributed by atoms with Gasteiger partial charge in [0.15, 0.2) is 11.5 Å². The van der Waals surface area contributed by atoms with Crippen LogP contribution in [0.2, 0.25) is 0 Å². The zero-order valence-corrected chi connectivity index (χ0v) is 12.8. The van der Waals surface area contributed by atoms with Crippen molar-refractivity contribution in [1.29, 1.82) is 0 Å². The molecule has 1 saturated heterocycles. The Morgan fingerprint density at radius 3 is 2.62 bits per heavy atom. The summed E-state index contributed by atoms with van der Waals surface area (Å²) in [5.41, 5.74) is 3.46. The van der Waals surface area contributed by atoms with Gasteiger partial charge < -0.3 is 14.7 Å². The van der Waals surface area contributed by atoms with Crippen LogP contribution in [-0.4, -0.2) is 43.1 Å². The minimum absolute atomic E-state index is 0.274. The van der Waals surface area contributed by atoms with Crippen molar-refractivity contribution in [2.45, 2.75) is 25.8 Å². The second-order valence-electron chi connectivity index (χ2n) is 5.86. The number of nitrogens with zero attached hydrogens (tertiary/aromatic N) is 2. The van der Waals surface area contributed by atoms with Crippen molar-refractivity contribution in [2.24, 2.45) is 11.1 Å². The highest BCUT2D eigenvalue weighted by molar-refractivity contribution is 5.87. The number of piperidine rings is 1. The van der Waals surface area contributed by atoms with Crippen molar-refractivity contribution in [3.8, 4) is 11.5 Å². The molecule has 21 heavy (non-hydrogen) atoms. The standard InChI is InChI=1S/C16H22N2O3/c1-10-9-18-5-4-11-6-15(20-2)16(21-3)7-12(11)14(18)8-13(10)17-19/h6-7,10,14,19H,4-5,8-9H2,1-3H3/b17-13-. The van der Waals surface area contributed by atoms with Gasteiger partial charge >= 0.3 is 0 Å². The molecule has 1 aromatic carbocycles. The molecule has 0 saturated carbocycles. The van der Waals surface area contributed by atoms with E-state index in [2.05, 4.69) is 29.1 Å². The smallest absolute Gasteiger partial charge is 0.161 e. The molecule has 2 heterocycles. The predicted molar refractivity (Wildman–Crippen MR) is 80.6 cm³/mol. The number of methoxy groups -OCH3 is 2. The molecule has 0 aromatic heterocycles. The highest BCUT2D eigenvalue weighted by atomic mass is 16.5. The Morgan fingerprint density at radius 2 is 1.95 bits per heavy atom. The molecule has 0 amide bonds. The van der Waals surface area contributed by atoms with Crippen LogP contribution in [0.15, 0.2) is 17.3 Å². The first-order valence-electron chi connectivity index (χ1n) is 7.37. The molecule has 2 atom stereocenters. The topological polar surface area (TPSA) is 54.3 Å². The summed E-state index contributed by atoms with van der Waals surface area (Å²) in [7, 11) is 3.33. The molecule has 0 spiro atoms. The molecule has 114 valence electrons. The van der Waals surface area contributed by atoms with Gasteiger partial charge in [-0.05, 0) is 29.7 Å². The molecule has 2 aliphatic heterocycles. The summed E-state index contributed by atoms with van der Waals surface area (Å²) in [5, 5.41) is 12.7. The lowest BCUT2D eigenvalue weighted by Gasteiger charge is -2.43. The molecule has 5 heteroatoms. The van der Waals surface area contributed by atoms with Crippen LogP contribution in [0.4, 0.5) is 0 Å². The Morgan fingerprint density at radius 1 is 1.24 bits per heavy atom. The summed E-state index contributed by atoms with van der Waals surface area (Å²) in [4.78, 5) is 2.48. The van der Waals surface area contributed by atoms with E-state index in [1.165, 1.54) is 11.1 Å². The second kappa shape index (κ2) is 5.56. The van der Waals surface area contributed by atoms with Crippen molar-refractivity contribution in [3.63, 3.8) is 0 Å². The Kier molecular flexibility index (Phi) is 3.76. The normalized spacial score (nSPS) is 27.1. The molecular formula is C16H22N2O3. The van der Waals surface area contributed by atoms with Gasteiger partial charge in [-0.2, -0.15) is 0 Å². The van der Waals surface area contributed by atoms with Crippen LogP contribution in [0, 0.1) is 5.92 Å². The second-order valence-corrected chi connectivity index (χ2v) is 5.86.